The summed E-state index contributed by atoms with van der Waals surface area (Å²) in [5, 5.41) is 2.56. The number of ether oxygens (including phenoxy) is 2. The highest BCUT2D eigenvalue weighted by Crippen LogP contribution is 2.28. The number of furan rings is 1. The highest BCUT2D eigenvalue weighted by atomic mass is 16.5. The van der Waals surface area contributed by atoms with Gasteiger partial charge in [-0.2, -0.15) is 0 Å². The first-order valence-corrected chi connectivity index (χ1v) is 9.32. The van der Waals surface area contributed by atoms with E-state index in [-0.39, 0.29) is 25.0 Å². The maximum atomic E-state index is 12.2. The number of amides is 3. The van der Waals surface area contributed by atoms with Crippen LogP contribution in [0.3, 0.4) is 0 Å². The lowest BCUT2D eigenvalue weighted by Gasteiger charge is -2.14. The van der Waals surface area contributed by atoms with Gasteiger partial charge in [-0.1, -0.05) is 0 Å². The van der Waals surface area contributed by atoms with Gasteiger partial charge in [-0.15, -0.1) is 0 Å². The van der Waals surface area contributed by atoms with Crippen molar-refractivity contribution in [3.05, 3.63) is 54.0 Å². The number of hydrazine groups is 1. The predicted octanol–water partition coefficient (Wildman–Crippen LogP) is 2.06. The average molecular weight is 415 g/mol. The molecule has 2 rings (SSSR count). The molecule has 9 heteroatoms. The minimum absolute atomic E-state index is 0.00883. The van der Waals surface area contributed by atoms with Crippen molar-refractivity contribution in [3.63, 3.8) is 0 Å². The van der Waals surface area contributed by atoms with Crippen LogP contribution < -0.4 is 25.6 Å². The van der Waals surface area contributed by atoms with Crippen molar-refractivity contribution in [1.29, 1.82) is 0 Å². The molecule has 0 bridgehead atoms. The van der Waals surface area contributed by atoms with Crippen LogP contribution in [-0.2, 0) is 9.59 Å². The van der Waals surface area contributed by atoms with E-state index in [4.69, 9.17) is 13.9 Å². The Bertz CT molecular complexity index is 890. The SMILES string of the molecule is COc1cc(C(=O)NNC(=O)CCNC(=O)/C=C/c2ccco2)ccc1OC(C)C. The molecule has 0 aliphatic carbocycles. The number of rotatable bonds is 9. The molecule has 0 aliphatic heterocycles. The van der Waals surface area contributed by atoms with E-state index in [1.165, 1.54) is 31.6 Å². The molecule has 0 saturated heterocycles. The maximum absolute atomic E-state index is 12.2. The monoisotopic (exact) mass is 415 g/mol. The number of hydrogen-bond donors (Lipinski definition) is 3. The Kier molecular flexibility index (Phi) is 8.49. The summed E-state index contributed by atoms with van der Waals surface area (Å²) in [6.07, 6.45) is 4.27. The molecule has 9 nitrogen and oxygen atoms in total. The summed E-state index contributed by atoms with van der Waals surface area (Å²) < 4.78 is 15.9. The fraction of sp³-hybridized carbons (Fsp3) is 0.286. The Morgan fingerprint density at radius 3 is 2.60 bits per heavy atom. The number of carbonyl (C=O) groups is 3. The molecule has 0 saturated carbocycles. The minimum Gasteiger partial charge on any atom is -0.493 e. The van der Waals surface area contributed by atoms with Crippen molar-refractivity contribution < 1.29 is 28.3 Å². The minimum atomic E-state index is -0.511. The zero-order valence-electron chi connectivity index (χ0n) is 17.1. The summed E-state index contributed by atoms with van der Waals surface area (Å²) in [6.45, 7) is 3.87. The molecule has 3 amide bonds. The van der Waals surface area contributed by atoms with Gasteiger partial charge in [-0.25, -0.2) is 0 Å². The quantitative estimate of drug-likeness (QED) is 0.426. The fourth-order valence-corrected chi connectivity index (χ4v) is 2.32. The van der Waals surface area contributed by atoms with Gasteiger partial charge >= 0.3 is 0 Å². The van der Waals surface area contributed by atoms with Gasteiger partial charge in [0.05, 0.1) is 19.5 Å². The molecule has 160 valence electrons. The Hall–Kier alpha value is -3.75. The molecule has 0 radical (unpaired) electrons. The highest BCUT2D eigenvalue weighted by Gasteiger charge is 2.13. The Labute approximate surface area is 174 Å². The van der Waals surface area contributed by atoms with E-state index in [0.29, 0.717) is 22.8 Å². The van der Waals surface area contributed by atoms with Crippen LogP contribution in [-0.4, -0.2) is 37.5 Å². The van der Waals surface area contributed by atoms with Gasteiger partial charge in [-0.3, -0.25) is 25.2 Å². The molecule has 0 unspecified atom stereocenters. The molecule has 1 heterocycles. The normalized spacial score (nSPS) is 10.7. The molecule has 30 heavy (non-hydrogen) atoms. The number of carbonyl (C=O) groups excluding carboxylic acids is 3. The topological polar surface area (TPSA) is 119 Å². The average Bonchev–Trinajstić information content (AvgIpc) is 3.24. The highest BCUT2D eigenvalue weighted by molar-refractivity contribution is 5.96. The third-order valence-electron chi connectivity index (χ3n) is 3.70. The lowest BCUT2D eigenvalue weighted by atomic mass is 10.2. The van der Waals surface area contributed by atoms with Crippen LogP contribution in [0, 0.1) is 0 Å². The van der Waals surface area contributed by atoms with Crippen LogP contribution in [0.5, 0.6) is 11.5 Å². The standard InChI is InChI=1S/C21H25N3O6/c1-14(2)30-17-8-6-15(13-18(17)28-3)21(27)24-23-20(26)10-11-22-19(25)9-7-16-5-4-12-29-16/h4-9,12-14H,10-11H2,1-3H3,(H,22,25)(H,23,26)(H,24,27)/b9-7+. The molecule has 1 aromatic heterocycles. The van der Waals surface area contributed by atoms with E-state index in [2.05, 4.69) is 16.2 Å². The van der Waals surface area contributed by atoms with Gasteiger partial charge < -0.3 is 19.2 Å². The summed E-state index contributed by atoms with van der Waals surface area (Å²) in [7, 11) is 1.48. The van der Waals surface area contributed by atoms with Crippen molar-refractivity contribution in [3.8, 4) is 11.5 Å². The zero-order valence-corrected chi connectivity index (χ0v) is 17.1. The maximum Gasteiger partial charge on any atom is 0.269 e. The first kappa shape index (κ1) is 22.5. The van der Waals surface area contributed by atoms with Gasteiger partial charge in [0.15, 0.2) is 11.5 Å². The molecule has 0 spiro atoms. The number of methoxy groups -OCH3 is 1. The van der Waals surface area contributed by atoms with E-state index in [1.807, 2.05) is 13.8 Å². The Morgan fingerprint density at radius 1 is 1.13 bits per heavy atom. The summed E-state index contributed by atoms with van der Waals surface area (Å²) in [5.74, 6) is 0.150. The zero-order chi connectivity index (χ0) is 21.9. The first-order valence-electron chi connectivity index (χ1n) is 9.32. The van der Waals surface area contributed by atoms with E-state index in [9.17, 15) is 14.4 Å². The second-order valence-electron chi connectivity index (χ2n) is 6.42. The van der Waals surface area contributed by atoms with Crippen molar-refractivity contribution >= 4 is 23.8 Å². The summed E-state index contributed by atoms with van der Waals surface area (Å²) in [6, 6.07) is 8.12. The van der Waals surface area contributed by atoms with Gasteiger partial charge in [0.25, 0.3) is 5.91 Å². The second kappa shape index (κ2) is 11.3. The van der Waals surface area contributed by atoms with Crippen LogP contribution in [0.2, 0.25) is 0 Å². The molecular weight excluding hydrogens is 390 g/mol. The number of nitrogens with one attached hydrogen (secondary N) is 3. The molecule has 0 aliphatic rings. The summed E-state index contributed by atoms with van der Waals surface area (Å²) in [5.41, 5.74) is 4.91. The Balaban J connectivity index is 1.74. The van der Waals surface area contributed by atoms with Gasteiger partial charge in [-0.05, 0) is 50.3 Å². The molecule has 1 aromatic carbocycles. The predicted molar refractivity (Wildman–Crippen MR) is 110 cm³/mol. The van der Waals surface area contributed by atoms with Crippen LogP contribution in [0.25, 0.3) is 6.08 Å². The number of hydrogen-bond acceptors (Lipinski definition) is 6. The van der Waals surface area contributed by atoms with Crippen LogP contribution in [0.15, 0.2) is 47.1 Å². The summed E-state index contributed by atoms with van der Waals surface area (Å²) >= 11 is 0. The van der Waals surface area contributed by atoms with Crippen molar-refractivity contribution in [2.45, 2.75) is 26.4 Å². The van der Waals surface area contributed by atoms with Crippen LogP contribution >= 0.6 is 0 Å². The van der Waals surface area contributed by atoms with E-state index >= 15 is 0 Å². The Morgan fingerprint density at radius 2 is 1.93 bits per heavy atom. The van der Waals surface area contributed by atoms with Gasteiger partial charge in [0.2, 0.25) is 11.8 Å². The third kappa shape index (κ3) is 7.34. The van der Waals surface area contributed by atoms with Crippen molar-refractivity contribution in [2.24, 2.45) is 0 Å². The first-order chi connectivity index (χ1) is 14.4. The lowest BCUT2D eigenvalue weighted by molar-refractivity contribution is -0.122. The van der Waals surface area contributed by atoms with Crippen LogP contribution in [0.1, 0.15) is 36.4 Å². The smallest absolute Gasteiger partial charge is 0.269 e. The van der Waals surface area contributed by atoms with Gasteiger partial charge in [0, 0.05) is 24.6 Å². The molecular formula is C21H25N3O6. The largest absolute Gasteiger partial charge is 0.493 e. The summed E-state index contributed by atoms with van der Waals surface area (Å²) in [4.78, 5) is 35.7. The van der Waals surface area contributed by atoms with Crippen LogP contribution in [0.4, 0.5) is 0 Å². The van der Waals surface area contributed by atoms with Gasteiger partial charge in [0.1, 0.15) is 5.76 Å². The molecule has 0 atom stereocenters. The van der Waals surface area contributed by atoms with E-state index in [1.54, 1.807) is 24.3 Å². The van der Waals surface area contributed by atoms with Crippen molar-refractivity contribution in [2.75, 3.05) is 13.7 Å². The van der Waals surface area contributed by atoms with Crippen molar-refractivity contribution in [1.82, 2.24) is 16.2 Å². The lowest BCUT2D eigenvalue weighted by Crippen LogP contribution is -2.42. The third-order valence-corrected chi connectivity index (χ3v) is 3.70. The molecule has 2 aromatic rings. The molecule has 3 N–H and O–H groups in total. The fourth-order valence-electron chi connectivity index (χ4n) is 2.32. The van der Waals surface area contributed by atoms with E-state index in [0.717, 1.165) is 0 Å². The van der Waals surface area contributed by atoms with E-state index < -0.39 is 11.8 Å². The second-order valence-corrected chi connectivity index (χ2v) is 6.42. The molecule has 0 fully saturated rings. The number of benzene rings is 1.